The molecule has 3 aliphatic rings. The number of nitrogens with zero attached hydrogens (tertiary/aromatic N) is 6. The smallest absolute Gasteiger partial charge is 0.290 e. The maximum atomic E-state index is 13.3. The predicted octanol–water partition coefficient (Wildman–Crippen LogP) is 4.08. The van der Waals surface area contributed by atoms with Crippen molar-refractivity contribution in [3.8, 4) is 0 Å². The van der Waals surface area contributed by atoms with Gasteiger partial charge in [-0.15, -0.1) is 0 Å². The van der Waals surface area contributed by atoms with E-state index in [9.17, 15) is 9.59 Å². The summed E-state index contributed by atoms with van der Waals surface area (Å²) in [5, 5.41) is 0. The molecule has 0 radical (unpaired) electrons. The molecule has 0 N–H and O–H groups in total. The fraction of sp³-hybridized carbons (Fsp3) is 0.500. The van der Waals surface area contributed by atoms with Crippen LogP contribution < -0.4 is 0 Å². The summed E-state index contributed by atoms with van der Waals surface area (Å²) in [5.41, 5.74) is 2.62. The molecule has 3 aliphatic heterocycles. The Morgan fingerprint density at radius 1 is 0.825 bits per heavy atom. The van der Waals surface area contributed by atoms with E-state index in [2.05, 4.69) is 82.0 Å². The molecule has 2 aromatic rings. The van der Waals surface area contributed by atoms with Crippen molar-refractivity contribution in [1.82, 2.24) is 19.6 Å². The van der Waals surface area contributed by atoms with Crippen LogP contribution in [0.15, 0.2) is 65.7 Å². The van der Waals surface area contributed by atoms with Crippen LogP contribution in [0.4, 0.5) is 4.79 Å². The number of fused-ring (bicyclic) bond motifs is 1. The SMILES string of the molecule is CCCCCCC[N+]1=C(CN2CCN(C(c3ccccc3)c3ccccc3)CC2)N=C2C1C(=O)N(C)C(=O)N2C. The first-order chi connectivity index (χ1) is 19.5. The quantitative estimate of drug-likeness (QED) is 0.317. The number of rotatable bonds is 11. The van der Waals surface area contributed by atoms with Gasteiger partial charge in [0.1, 0.15) is 6.54 Å². The van der Waals surface area contributed by atoms with Crippen molar-refractivity contribution in [1.29, 1.82) is 0 Å². The number of carbonyl (C=O) groups excluding carboxylic acids is 2. The summed E-state index contributed by atoms with van der Waals surface area (Å²) in [4.78, 5) is 38.6. The molecular formula is C32H43N6O2+. The first kappa shape index (κ1) is 28.2. The average Bonchev–Trinajstić information content (AvgIpc) is 3.35. The summed E-state index contributed by atoms with van der Waals surface area (Å²) in [6.45, 7) is 7.41. The molecule has 8 heteroatoms. The number of amides is 3. The van der Waals surface area contributed by atoms with Gasteiger partial charge in [0.25, 0.3) is 17.8 Å². The molecular weight excluding hydrogens is 500 g/mol. The second kappa shape index (κ2) is 12.9. The Morgan fingerprint density at radius 2 is 1.43 bits per heavy atom. The fourth-order valence-electron chi connectivity index (χ4n) is 6.18. The molecule has 3 heterocycles. The maximum absolute atomic E-state index is 13.3. The largest absolute Gasteiger partial charge is 0.333 e. The lowest BCUT2D eigenvalue weighted by atomic mass is 9.96. The van der Waals surface area contributed by atoms with Gasteiger partial charge in [-0.1, -0.05) is 86.8 Å². The topological polar surface area (TPSA) is 62.5 Å². The molecule has 3 amide bonds. The van der Waals surface area contributed by atoms with Crippen LogP contribution in [0.2, 0.25) is 0 Å². The van der Waals surface area contributed by atoms with Gasteiger partial charge in [0, 0.05) is 40.3 Å². The molecule has 2 fully saturated rings. The fourth-order valence-corrected chi connectivity index (χ4v) is 6.18. The molecule has 1 unspecified atom stereocenters. The number of urea groups is 1. The third kappa shape index (κ3) is 5.88. The highest BCUT2D eigenvalue weighted by atomic mass is 16.2. The summed E-state index contributed by atoms with van der Waals surface area (Å²) >= 11 is 0. The van der Waals surface area contributed by atoms with Crippen molar-refractivity contribution in [3.05, 3.63) is 71.8 Å². The molecule has 0 spiro atoms. The highest BCUT2D eigenvalue weighted by Crippen LogP contribution is 2.29. The van der Waals surface area contributed by atoms with Gasteiger partial charge in [-0.05, 0) is 29.0 Å². The molecule has 2 saturated heterocycles. The summed E-state index contributed by atoms with van der Waals surface area (Å²) in [5.74, 6) is 1.31. The number of imide groups is 1. The van der Waals surface area contributed by atoms with E-state index in [1.54, 1.807) is 19.0 Å². The van der Waals surface area contributed by atoms with Crippen LogP contribution in [0.1, 0.15) is 56.2 Å². The van der Waals surface area contributed by atoms with E-state index in [0.29, 0.717) is 12.4 Å². The van der Waals surface area contributed by atoms with Crippen molar-refractivity contribution in [3.63, 3.8) is 0 Å². The van der Waals surface area contributed by atoms with Gasteiger partial charge in [-0.3, -0.25) is 24.4 Å². The van der Waals surface area contributed by atoms with Gasteiger partial charge in [-0.25, -0.2) is 9.37 Å². The first-order valence-electron chi connectivity index (χ1n) is 14.8. The van der Waals surface area contributed by atoms with Crippen molar-refractivity contribution in [2.75, 3.05) is 53.4 Å². The maximum Gasteiger partial charge on any atom is 0.333 e. The molecule has 0 saturated carbocycles. The number of benzene rings is 2. The Labute approximate surface area is 238 Å². The Kier molecular flexibility index (Phi) is 9.07. The molecule has 1 atom stereocenters. The first-order valence-corrected chi connectivity index (χ1v) is 14.8. The number of hydrogen-bond donors (Lipinski definition) is 0. The van der Waals surface area contributed by atoms with Crippen LogP contribution in [0.25, 0.3) is 0 Å². The number of carbonyl (C=O) groups is 2. The summed E-state index contributed by atoms with van der Waals surface area (Å²) < 4.78 is 2.17. The molecule has 5 rings (SSSR count). The van der Waals surface area contributed by atoms with E-state index in [-0.39, 0.29) is 18.0 Å². The van der Waals surface area contributed by atoms with Crippen molar-refractivity contribution in [2.45, 2.75) is 51.1 Å². The number of piperazine rings is 1. The van der Waals surface area contributed by atoms with E-state index in [1.165, 1.54) is 35.3 Å². The molecule has 0 aliphatic carbocycles. The Bertz CT molecular complexity index is 1200. The highest BCUT2D eigenvalue weighted by molar-refractivity contribution is 6.23. The lowest BCUT2D eigenvalue weighted by molar-refractivity contribution is -0.537. The Morgan fingerprint density at radius 3 is 2.02 bits per heavy atom. The van der Waals surface area contributed by atoms with E-state index in [1.807, 2.05) is 0 Å². The molecule has 212 valence electrons. The van der Waals surface area contributed by atoms with Crippen molar-refractivity contribution in [2.24, 2.45) is 4.99 Å². The van der Waals surface area contributed by atoms with Gasteiger partial charge in [0.05, 0.1) is 12.6 Å². The van der Waals surface area contributed by atoms with Gasteiger partial charge in [0.15, 0.2) is 0 Å². The second-order valence-electron chi connectivity index (χ2n) is 11.2. The van der Waals surface area contributed by atoms with Crippen LogP contribution in [0, 0.1) is 0 Å². The normalized spacial score (nSPS) is 20.5. The van der Waals surface area contributed by atoms with Crippen LogP contribution >= 0.6 is 0 Å². The minimum absolute atomic E-state index is 0.177. The molecule has 0 bridgehead atoms. The molecule has 8 nitrogen and oxygen atoms in total. The zero-order valence-electron chi connectivity index (χ0n) is 24.2. The average molecular weight is 544 g/mol. The summed E-state index contributed by atoms with van der Waals surface area (Å²) in [7, 11) is 3.30. The lowest BCUT2D eigenvalue weighted by Crippen LogP contribution is -2.61. The monoisotopic (exact) mass is 543 g/mol. The number of amidine groups is 2. The minimum Gasteiger partial charge on any atom is -0.290 e. The third-order valence-electron chi connectivity index (χ3n) is 8.48. The van der Waals surface area contributed by atoms with Crippen molar-refractivity contribution < 1.29 is 14.2 Å². The van der Waals surface area contributed by atoms with Gasteiger partial charge in [-0.2, -0.15) is 0 Å². The Balaban J connectivity index is 1.31. The zero-order valence-corrected chi connectivity index (χ0v) is 24.2. The second-order valence-corrected chi connectivity index (χ2v) is 11.2. The number of unbranched alkanes of at least 4 members (excludes halogenated alkanes) is 4. The molecule has 0 aromatic heterocycles. The number of hydrogen-bond acceptors (Lipinski definition) is 5. The number of aliphatic imine (C=N–C) groups is 1. The zero-order chi connectivity index (χ0) is 28.1. The van der Waals surface area contributed by atoms with E-state index in [4.69, 9.17) is 4.99 Å². The lowest BCUT2D eigenvalue weighted by Gasteiger charge is -2.39. The van der Waals surface area contributed by atoms with E-state index >= 15 is 0 Å². The van der Waals surface area contributed by atoms with Crippen LogP contribution in [-0.4, -0.2) is 107 Å². The third-order valence-corrected chi connectivity index (χ3v) is 8.48. The van der Waals surface area contributed by atoms with Crippen LogP contribution in [-0.2, 0) is 4.79 Å². The van der Waals surface area contributed by atoms with Crippen LogP contribution in [0.3, 0.4) is 0 Å². The highest BCUT2D eigenvalue weighted by Gasteiger charge is 2.53. The molecule has 40 heavy (non-hydrogen) atoms. The predicted molar refractivity (Wildman–Crippen MR) is 159 cm³/mol. The van der Waals surface area contributed by atoms with E-state index < -0.39 is 6.04 Å². The van der Waals surface area contributed by atoms with Crippen molar-refractivity contribution >= 4 is 23.6 Å². The summed E-state index contributed by atoms with van der Waals surface area (Å²) in [6.07, 6.45) is 5.79. The Hall–Kier alpha value is -3.36. The molecule has 2 aromatic carbocycles. The summed E-state index contributed by atoms with van der Waals surface area (Å²) in [6, 6.07) is 20.9. The van der Waals surface area contributed by atoms with E-state index in [0.717, 1.165) is 51.4 Å². The van der Waals surface area contributed by atoms with Gasteiger partial charge in [0.2, 0.25) is 0 Å². The number of likely N-dealkylation sites (N-methyl/N-ethyl adjacent to an activating group) is 2. The van der Waals surface area contributed by atoms with Gasteiger partial charge >= 0.3 is 11.9 Å². The standard InChI is InChI=1S/C32H43N6O2/c1-4-5-6-7-14-19-38-27(33-30-29(38)31(39)35(3)32(40)34(30)2)24-36-20-22-37(23-21-36)28(25-15-10-8-11-16-25)26-17-12-9-13-18-26/h8-13,15-18,28-29H,4-7,14,19-24H2,1-3H3/q+1. The van der Waals surface area contributed by atoms with Crippen LogP contribution in [0.5, 0.6) is 0 Å². The van der Waals surface area contributed by atoms with Gasteiger partial charge < -0.3 is 0 Å². The minimum atomic E-state index is -0.504.